The van der Waals surface area contributed by atoms with Gasteiger partial charge in [-0.3, -0.25) is 0 Å². The molecule has 0 heterocycles. The van der Waals surface area contributed by atoms with Crippen molar-refractivity contribution in [3.05, 3.63) is 6.42 Å². The quantitative estimate of drug-likeness (QED) is 0.520. The zero-order valence-electron chi connectivity index (χ0n) is 6.07. The first-order valence-electron chi connectivity index (χ1n) is 3.23. The summed E-state index contributed by atoms with van der Waals surface area (Å²) < 4.78 is 0. The Balaban J connectivity index is 0. The largest absolute Gasteiger partial charge is 1.00 e. The Bertz CT molecular complexity index is 50.9. The van der Waals surface area contributed by atoms with Gasteiger partial charge in [0.05, 0.1) is 0 Å². The minimum Gasteiger partial charge on any atom is -1.00 e. The van der Waals surface area contributed by atoms with E-state index >= 15 is 0 Å². The van der Waals surface area contributed by atoms with Gasteiger partial charge in [-0.1, -0.05) is 26.2 Å². The molecule has 0 bridgehead atoms. The second-order valence-corrected chi connectivity index (χ2v) is 2.50. The van der Waals surface area contributed by atoms with Crippen LogP contribution in [0.2, 0.25) is 0 Å². The van der Waals surface area contributed by atoms with Gasteiger partial charge in [0.25, 0.3) is 0 Å². The van der Waals surface area contributed by atoms with Crippen LogP contribution in [0.25, 0.3) is 0 Å². The summed E-state index contributed by atoms with van der Waals surface area (Å²) in [4.78, 5) is 0. The van der Waals surface area contributed by atoms with Gasteiger partial charge < -0.3 is 12.4 Å². The molecular formula is C7H13ClHg. The molecule has 1 aliphatic carbocycles. The third-order valence-corrected chi connectivity index (χ3v) is 1.68. The number of rotatable bonds is 0. The van der Waals surface area contributed by atoms with Gasteiger partial charge in [-0.05, 0) is 18.8 Å². The average Bonchev–Trinajstić information content (AvgIpc) is 1.69. The van der Waals surface area contributed by atoms with E-state index in [9.17, 15) is 0 Å². The van der Waals surface area contributed by atoms with Crippen molar-refractivity contribution < 1.29 is 40.1 Å². The van der Waals surface area contributed by atoms with Crippen LogP contribution < -0.4 is 12.4 Å². The molecule has 1 fully saturated rings. The second-order valence-electron chi connectivity index (χ2n) is 2.50. The molecule has 0 aromatic rings. The van der Waals surface area contributed by atoms with E-state index in [-0.39, 0.29) is 40.1 Å². The Morgan fingerprint density at radius 2 is 2.00 bits per heavy atom. The summed E-state index contributed by atoms with van der Waals surface area (Å²) >= 11 is 0. The first-order chi connectivity index (χ1) is 3.39. The summed E-state index contributed by atoms with van der Waals surface area (Å²) in [6.07, 6.45) is 8.12. The van der Waals surface area contributed by atoms with Crippen LogP contribution in [0.3, 0.4) is 0 Å². The third-order valence-electron chi connectivity index (χ3n) is 1.68. The van der Waals surface area contributed by atoms with Crippen molar-refractivity contribution in [3.63, 3.8) is 0 Å². The van der Waals surface area contributed by atoms with Crippen LogP contribution in [0.4, 0.5) is 0 Å². The maximum absolute atomic E-state index is 2.43. The summed E-state index contributed by atoms with van der Waals surface area (Å²) in [7, 11) is 0. The van der Waals surface area contributed by atoms with E-state index in [1.165, 1.54) is 25.7 Å². The first-order valence-corrected chi connectivity index (χ1v) is 3.23. The Morgan fingerprint density at radius 3 is 2.22 bits per heavy atom. The van der Waals surface area contributed by atoms with Gasteiger partial charge in [-0.25, -0.2) is 0 Å². The molecule has 1 saturated carbocycles. The molecule has 0 amide bonds. The van der Waals surface area contributed by atoms with Crippen molar-refractivity contribution >= 4 is 0 Å². The minimum absolute atomic E-state index is 0. The molecule has 0 saturated heterocycles. The van der Waals surface area contributed by atoms with E-state index in [4.69, 9.17) is 0 Å². The van der Waals surface area contributed by atoms with Gasteiger partial charge in [0.2, 0.25) is 0 Å². The van der Waals surface area contributed by atoms with E-state index in [1.54, 1.807) is 0 Å². The second kappa shape index (κ2) is 7.33. The zero-order valence-corrected chi connectivity index (χ0v) is 12.3. The number of halogens is 1. The van der Waals surface area contributed by atoms with Gasteiger partial charge in [0.15, 0.2) is 0 Å². The normalized spacial score (nSPS) is 19.7. The Labute approximate surface area is 84.7 Å². The summed E-state index contributed by atoms with van der Waals surface area (Å²) in [6.45, 7) is 2.30. The van der Waals surface area contributed by atoms with Crippen LogP contribution in [0.1, 0.15) is 32.6 Å². The minimum atomic E-state index is 0. The van der Waals surface area contributed by atoms with Crippen molar-refractivity contribution in [1.29, 1.82) is 0 Å². The molecule has 9 heavy (non-hydrogen) atoms. The smallest absolute Gasteiger partial charge is 1.00 e. The zero-order chi connectivity index (χ0) is 5.11. The molecule has 0 unspecified atom stereocenters. The molecule has 0 nitrogen and oxygen atoms in total. The van der Waals surface area contributed by atoms with Crippen molar-refractivity contribution in [1.82, 2.24) is 0 Å². The summed E-state index contributed by atoms with van der Waals surface area (Å²) in [5.41, 5.74) is 0. The fourth-order valence-electron chi connectivity index (χ4n) is 1.13. The fraction of sp³-hybridized carbons (Fsp3) is 0.857. The summed E-state index contributed by atoms with van der Waals surface area (Å²) in [5, 5.41) is 0. The van der Waals surface area contributed by atoms with E-state index in [0.717, 1.165) is 5.92 Å². The summed E-state index contributed by atoms with van der Waals surface area (Å²) in [5.74, 6) is 0.911. The van der Waals surface area contributed by atoms with Gasteiger partial charge in [0, 0.05) is 0 Å². The maximum Gasteiger partial charge on any atom is 1.00 e. The molecule has 1 atom stereocenters. The van der Waals surface area contributed by atoms with Crippen molar-refractivity contribution in [2.45, 2.75) is 32.6 Å². The van der Waals surface area contributed by atoms with E-state index in [1.807, 2.05) is 0 Å². The predicted molar refractivity (Wildman–Crippen MR) is 31.9 cm³/mol. The van der Waals surface area contributed by atoms with E-state index in [2.05, 4.69) is 13.3 Å². The van der Waals surface area contributed by atoms with Gasteiger partial charge in [-0.2, -0.15) is 0 Å². The fourth-order valence-corrected chi connectivity index (χ4v) is 1.13. The Morgan fingerprint density at radius 1 is 1.33 bits per heavy atom. The van der Waals surface area contributed by atoms with Gasteiger partial charge >= 0.3 is 27.7 Å². The number of hydrogen-bond acceptors (Lipinski definition) is 0. The van der Waals surface area contributed by atoms with Crippen LogP contribution in [0, 0.1) is 12.3 Å². The predicted octanol–water partition coefficient (Wildman–Crippen LogP) is -0.598. The van der Waals surface area contributed by atoms with Crippen LogP contribution in [-0.2, 0) is 27.7 Å². The topological polar surface area (TPSA) is 0 Å². The molecule has 0 N–H and O–H groups in total. The van der Waals surface area contributed by atoms with Crippen molar-refractivity contribution in [2.24, 2.45) is 5.92 Å². The monoisotopic (exact) mass is 334 g/mol. The number of hydrogen-bond donors (Lipinski definition) is 0. The molecule has 0 aliphatic heterocycles. The third kappa shape index (κ3) is 5.66. The Kier molecular flexibility index (Phi) is 10.5. The molecule has 1 rings (SSSR count). The maximum atomic E-state index is 2.43. The van der Waals surface area contributed by atoms with Crippen LogP contribution in [0.5, 0.6) is 0 Å². The molecule has 0 aromatic heterocycles. The standard InChI is InChI=1S/C7H13.ClH.Hg/c1-7-5-3-2-4-6-7;;/h5,7H,2-4,6H2,1H3;1H;/q;;+1/p-1/t7-;;/m1../s1. The van der Waals surface area contributed by atoms with Crippen molar-refractivity contribution in [3.8, 4) is 0 Å². The van der Waals surface area contributed by atoms with Crippen LogP contribution >= 0.6 is 0 Å². The average molecular weight is 333 g/mol. The molecule has 2 heteroatoms. The van der Waals surface area contributed by atoms with Crippen LogP contribution in [-0.4, -0.2) is 0 Å². The molecule has 2 radical (unpaired) electrons. The molecule has 1 aliphatic rings. The first kappa shape index (κ1) is 12.9. The Hall–Kier alpha value is 1.23. The van der Waals surface area contributed by atoms with Gasteiger partial charge in [0.1, 0.15) is 0 Å². The molecule has 0 spiro atoms. The molecular weight excluding hydrogens is 320 g/mol. The SMILES string of the molecule is C[C@@H]1[CH]CCCC1.[Cl-].[Hg+]. The van der Waals surface area contributed by atoms with E-state index < -0.39 is 0 Å². The van der Waals surface area contributed by atoms with Crippen molar-refractivity contribution in [2.75, 3.05) is 0 Å². The van der Waals surface area contributed by atoms with Crippen LogP contribution in [0.15, 0.2) is 0 Å². The molecule has 0 aromatic carbocycles. The summed E-state index contributed by atoms with van der Waals surface area (Å²) in [6, 6.07) is 0. The van der Waals surface area contributed by atoms with Gasteiger partial charge in [-0.15, -0.1) is 0 Å². The molecule has 50 valence electrons. The van der Waals surface area contributed by atoms with E-state index in [0.29, 0.717) is 0 Å².